The minimum Gasteiger partial charge on any atom is -0.0878 e. The number of hydrogen-bond donors (Lipinski definition) is 0. The summed E-state index contributed by atoms with van der Waals surface area (Å²) in [6, 6.07) is 0. The molecule has 0 radical (unpaired) electrons. The number of halogens is 2. The van der Waals surface area contributed by atoms with Crippen LogP contribution >= 0.6 is 31.9 Å². The highest BCUT2D eigenvalue weighted by molar-refractivity contribution is 9.12. The van der Waals surface area contributed by atoms with Crippen LogP contribution in [0.1, 0.15) is 105 Å². The molecule has 168 valence electrons. The van der Waals surface area contributed by atoms with E-state index in [2.05, 4.69) is 66.5 Å². The van der Waals surface area contributed by atoms with Gasteiger partial charge in [0.25, 0.3) is 0 Å². The van der Waals surface area contributed by atoms with E-state index in [1.165, 1.54) is 70.6 Å². The zero-order valence-electron chi connectivity index (χ0n) is 19.7. The van der Waals surface area contributed by atoms with Crippen molar-refractivity contribution in [2.45, 2.75) is 115 Å². The molecule has 4 aliphatic carbocycles. The Balaban J connectivity index is 1.47. The van der Waals surface area contributed by atoms with Crippen molar-refractivity contribution in [3.8, 4) is 0 Å². The predicted octanol–water partition coefficient (Wildman–Crippen LogP) is 9.24. The van der Waals surface area contributed by atoms with E-state index < -0.39 is 0 Å². The molecule has 0 N–H and O–H groups in total. The Morgan fingerprint density at radius 2 is 1.55 bits per heavy atom. The normalized spacial score (nSPS) is 50.7. The van der Waals surface area contributed by atoms with Gasteiger partial charge in [0.05, 0.1) is 0 Å². The Morgan fingerprint density at radius 3 is 2.28 bits per heavy atom. The van der Waals surface area contributed by atoms with E-state index in [-0.39, 0.29) is 0 Å². The first-order chi connectivity index (χ1) is 13.7. The maximum atomic E-state index is 4.05. The molecule has 0 bridgehead atoms. The van der Waals surface area contributed by atoms with Crippen LogP contribution in [0.5, 0.6) is 0 Å². The summed E-state index contributed by atoms with van der Waals surface area (Å²) in [7, 11) is 0. The first-order valence-electron chi connectivity index (χ1n) is 12.9. The van der Waals surface area contributed by atoms with Crippen LogP contribution in [0.4, 0.5) is 0 Å². The van der Waals surface area contributed by atoms with Crippen LogP contribution < -0.4 is 0 Å². The molecule has 4 saturated carbocycles. The summed E-state index contributed by atoms with van der Waals surface area (Å²) < 4.78 is 0. The van der Waals surface area contributed by atoms with Crippen LogP contribution in [0, 0.1) is 52.3 Å². The van der Waals surface area contributed by atoms with Crippen molar-refractivity contribution in [2.75, 3.05) is 0 Å². The van der Waals surface area contributed by atoms with Crippen molar-refractivity contribution >= 4 is 31.9 Å². The van der Waals surface area contributed by atoms with Crippen molar-refractivity contribution in [2.24, 2.45) is 52.3 Å². The van der Waals surface area contributed by atoms with E-state index in [4.69, 9.17) is 0 Å². The van der Waals surface area contributed by atoms with Gasteiger partial charge >= 0.3 is 0 Å². The maximum absolute atomic E-state index is 4.05. The summed E-state index contributed by atoms with van der Waals surface area (Å²) in [6.07, 6.45) is 16.3. The second-order valence-electron chi connectivity index (χ2n) is 12.7. The van der Waals surface area contributed by atoms with Gasteiger partial charge in [-0.05, 0) is 104 Å². The zero-order valence-corrected chi connectivity index (χ0v) is 22.9. The molecule has 0 aliphatic heterocycles. The number of hydrogen-bond acceptors (Lipinski definition) is 0. The molecule has 2 heteroatoms. The number of fused-ring (bicyclic) bond motifs is 5. The molecule has 0 aromatic heterocycles. The van der Waals surface area contributed by atoms with Crippen LogP contribution in [-0.4, -0.2) is 9.65 Å². The smallest absolute Gasteiger partial charge is 0.0276 e. The average Bonchev–Trinajstić information content (AvgIpc) is 3.00. The minimum absolute atomic E-state index is 0.587. The topological polar surface area (TPSA) is 0 Å². The predicted molar refractivity (Wildman–Crippen MR) is 134 cm³/mol. The van der Waals surface area contributed by atoms with Crippen molar-refractivity contribution in [3.05, 3.63) is 0 Å². The van der Waals surface area contributed by atoms with E-state index in [9.17, 15) is 0 Å². The largest absolute Gasteiger partial charge is 0.0878 e. The highest BCUT2D eigenvalue weighted by Crippen LogP contribution is 2.68. The van der Waals surface area contributed by atoms with Gasteiger partial charge in [0.2, 0.25) is 0 Å². The molecule has 0 amide bonds. The SMILES string of the molecule is CC(C)CCC[C@@H](C)[C@@H]1CC[C@@H]2[C@@H]3CC[C@H]4C[C@H](Br)[C@H](Br)C[C@]4(C)[C@H]3CC[C@@]21C. The fraction of sp³-hybridized carbons (Fsp3) is 1.00. The van der Waals surface area contributed by atoms with Gasteiger partial charge in [-0.2, -0.15) is 0 Å². The monoisotopic (exact) mass is 528 g/mol. The Morgan fingerprint density at radius 1 is 0.828 bits per heavy atom. The molecule has 10 atom stereocenters. The van der Waals surface area contributed by atoms with Crippen molar-refractivity contribution < 1.29 is 0 Å². The Hall–Kier alpha value is 0.960. The summed E-state index contributed by atoms with van der Waals surface area (Å²) in [5, 5.41) is 0. The molecule has 4 fully saturated rings. The molecular formula is C27H46Br2. The average molecular weight is 530 g/mol. The lowest BCUT2D eigenvalue weighted by Gasteiger charge is -2.62. The summed E-state index contributed by atoms with van der Waals surface area (Å²) in [5.41, 5.74) is 1.23. The molecule has 4 rings (SSSR count). The molecule has 0 heterocycles. The fourth-order valence-corrected chi connectivity index (χ4v) is 10.8. The van der Waals surface area contributed by atoms with E-state index >= 15 is 0 Å². The summed E-state index contributed by atoms with van der Waals surface area (Å²) in [4.78, 5) is 1.36. The molecule has 4 aliphatic rings. The van der Waals surface area contributed by atoms with E-state index in [1.807, 2.05) is 0 Å². The van der Waals surface area contributed by atoms with Gasteiger partial charge in [0.1, 0.15) is 0 Å². The van der Waals surface area contributed by atoms with Crippen molar-refractivity contribution in [3.63, 3.8) is 0 Å². The van der Waals surface area contributed by atoms with E-state index in [0.717, 1.165) is 41.4 Å². The third kappa shape index (κ3) is 4.06. The molecule has 0 saturated heterocycles. The van der Waals surface area contributed by atoms with E-state index in [0.29, 0.717) is 20.5 Å². The molecule has 0 nitrogen and oxygen atoms in total. The first kappa shape index (κ1) is 23.1. The summed E-state index contributed by atoms with van der Waals surface area (Å²) >= 11 is 8.04. The second-order valence-corrected chi connectivity index (χ2v) is 15.0. The Labute approximate surface area is 198 Å². The first-order valence-corrected chi connectivity index (χ1v) is 14.8. The molecule has 0 aromatic rings. The van der Waals surface area contributed by atoms with Gasteiger partial charge in [-0.3, -0.25) is 0 Å². The molecule has 0 aromatic carbocycles. The zero-order chi connectivity index (χ0) is 21.0. The quantitative estimate of drug-likeness (QED) is 0.311. The van der Waals surface area contributed by atoms with Crippen LogP contribution in [0.3, 0.4) is 0 Å². The van der Waals surface area contributed by atoms with Gasteiger partial charge in [-0.1, -0.05) is 85.7 Å². The highest BCUT2D eigenvalue weighted by atomic mass is 79.9. The minimum atomic E-state index is 0.587. The third-order valence-corrected chi connectivity index (χ3v) is 13.5. The lowest BCUT2D eigenvalue weighted by molar-refractivity contribution is -0.112. The number of rotatable bonds is 5. The third-order valence-electron chi connectivity index (χ3n) is 10.8. The van der Waals surface area contributed by atoms with Gasteiger partial charge < -0.3 is 0 Å². The van der Waals surface area contributed by atoms with Gasteiger partial charge in [0, 0.05) is 9.65 Å². The molecule has 0 unspecified atom stereocenters. The van der Waals surface area contributed by atoms with Crippen LogP contribution in [0.25, 0.3) is 0 Å². The molecule has 29 heavy (non-hydrogen) atoms. The van der Waals surface area contributed by atoms with E-state index in [1.54, 1.807) is 0 Å². The number of alkyl halides is 2. The van der Waals surface area contributed by atoms with Crippen LogP contribution in [-0.2, 0) is 0 Å². The van der Waals surface area contributed by atoms with Crippen molar-refractivity contribution in [1.82, 2.24) is 0 Å². The van der Waals surface area contributed by atoms with Crippen LogP contribution in [0.2, 0.25) is 0 Å². The molecule has 0 spiro atoms. The lowest BCUT2D eigenvalue weighted by atomic mass is 9.44. The summed E-state index contributed by atoms with van der Waals surface area (Å²) in [5.74, 6) is 6.79. The standard InChI is InChI=1S/C27H46Br2/c1-17(2)7-6-8-18(3)21-11-12-22-20-10-9-19-15-24(28)25(29)16-27(19,5)23(20)13-14-26(21,22)4/h17-25H,6-16H2,1-5H3/t18-,19+,20+,21+,22-,23+,24+,25-,26-,27+/m1/s1. The lowest BCUT2D eigenvalue weighted by Crippen LogP contribution is -2.55. The Bertz CT molecular complexity index is 573. The van der Waals surface area contributed by atoms with Gasteiger partial charge in [-0.25, -0.2) is 0 Å². The van der Waals surface area contributed by atoms with Crippen molar-refractivity contribution in [1.29, 1.82) is 0 Å². The Kier molecular flexibility index (Phi) is 6.95. The molecular weight excluding hydrogens is 484 g/mol. The van der Waals surface area contributed by atoms with Gasteiger partial charge in [0.15, 0.2) is 0 Å². The van der Waals surface area contributed by atoms with Gasteiger partial charge in [-0.15, -0.1) is 0 Å². The fourth-order valence-electron chi connectivity index (χ4n) is 9.23. The maximum Gasteiger partial charge on any atom is 0.0276 e. The highest BCUT2D eigenvalue weighted by Gasteiger charge is 2.61. The second kappa shape index (κ2) is 8.72. The summed E-state index contributed by atoms with van der Waals surface area (Å²) in [6.45, 7) is 12.8. The van der Waals surface area contributed by atoms with Crippen LogP contribution in [0.15, 0.2) is 0 Å².